The SMILES string of the molecule is Cc1nc(C(C#N)=Cc2ccccc2Cl)sc1N=Nc1ccc(Cl)cc1. The van der Waals surface area contributed by atoms with Crippen molar-refractivity contribution >= 4 is 56.9 Å². The Morgan fingerprint density at radius 3 is 2.54 bits per heavy atom. The molecule has 0 N–H and O–H groups in total. The molecular weight excluding hydrogens is 387 g/mol. The number of aromatic nitrogens is 1. The molecule has 1 heterocycles. The van der Waals surface area contributed by atoms with Crippen LogP contribution in [0.25, 0.3) is 11.6 Å². The Hall–Kier alpha value is -2.52. The van der Waals surface area contributed by atoms with Crippen molar-refractivity contribution in [1.82, 2.24) is 4.98 Å². The zero-order valence-corrected chi connectivity index (χ0v) is 16.0. The number of allylic oxidation sites excluding steroid dienone is 1. The van der Waals surface area contributed by atoms with E-state index >= 15 is 0 Å². The summed E-state index contributed by atoms with van der Waals surface area (Å²) in [6.07, 6.45) is 1.72. The van der Waals surface area contributed by atoms with Gasteiger partial charge in [0.05, 0.1) is 17.0 Å². The zero-order valence-electron chi connectivity index (χ0n) is 13.6. The van der Waals surface area contributed by atoms with E-state index < -0.39 is 0 Å². The zero-order chi connectivity index (χ0) is 18.5. The number of aryl methyl sites for hydroxylation is 1. The molecule has 0 bridgehead atoms. The molecule has 3 aromatic rings. The van der Waals surface area contributed by atoms with Crippen LogP contribution in [0.15, 0.2) is 58.8 Å². The quantitative estimate of drug-likeness (QED) is 0.343. The Kier molecular flexibility index (Phi) is 5.79. The van der Waals surface area contributed by atoms with Crippen LogP contribution in [0, 0.1) is 18.3 Å². The van der Waals surface area contributed by atoms with Crippen molar-refractivity contribution in [3.05, 3.63) is 74.8 Å². The third-order valence-electron chi connectivity index (χ3n) is 3.41. The first-order chi connectivity index (χ1) is 12.6. The molecule has 0 amide bonds. The van der Waals surface area contributed by atoms with Crippen molar-refractivity contribution in [3.63, 3.8) is 0 Å². The minimum Gasteiger partial charge on any atom is -0.238 e. The number of nitriles is 1. The molecule has 3 rings (SSSR count). The number of rotatable bonds is 4. The molecule has 0 aliphatic carbocycles. The van der Waals surface area contributed by atoms with Crippen LogP contribution in [0.5, 0.6) is 0 Å². The highest BCUT2D eigenvalue weighted by Gasteiger charge is 2.12. The predicted molar refractivity (Wildman–Crippen MR) is 107 cm³/mol. The van der Waals surface area contributed by atoms with Crippen LogP contribution in [0.2, 0.25) is 10.0 Å². The molecule has 0 saturated carbocycles. The van der Waals surface area contributed by atoms with E-state index in [4.69, 9.17) is 23.2 Å². The van der Waals surface area contributed by atoms with E-state index in [1.54, 1.807) is 36.4 Å². The number of hydrogen-bond donors (Lipinski definition) is 0. The number of hydrogen-bond acceptors (Lipinski definition) is 5. The maximum atomic E-state index is 9.50. The van der Waals surface area contributed by atoms with Crippen molar-refractivity contribution in [2.24, 2.45) is 10.2 Å². The van der Waals surface area contributed by atoms with E-state index in [-0.39, 0.29) is 0 Å². The monoisotopic (exact) mass is 398 g/mol. The molecule has 0 fully saturated rings. The first-order valence-electron chi connectivity index (χ1n) is 7.58. The molecule has 2 aromatic carbocycles. The summed E-state index contributed by atoms with van der Waals surface area (Å²) in [6, 6.07) is 16.6. The van der Waals surface area contributed by atoms with E-state index in [1.807, 2.05) is 25.1 Å². The lowest BCUT2D eigenvalue weighted by Crippen LogP contribution is -1.82. The molecule has 0 unspecified atom stereocenters. The van der Waals surface area contributed by atoms with E-state index in [1.165, 1.54) is 11.3 Å². The Morgan fingerprint density at radius 2 is 1.85 bits per heavy atom. The van der Waals surface area contributed by atoms with Crippen LogP contribution in [0.4, 0.5) is 10.7 Å². The summed E-state index contributed by atoms with van der Waals surface area (Å²) in [5, 5.41) is 20.4. The fourth-order valence-electron chi connectivity index (χ4n) is 2.10. The molecular formula is C19H12Cl2N4S. The highest BCUT2D eigenvalue weighted by atomic mass is 35.5. The topological polar surface area (TPSA) is 61.4 Å². The number of nitrogens with zero attached hydrogens (tertiary/aromatic N) is 4. The van der Waals surface area contributed by atoms with Gasteiger partial charge in [-0.05, 0) is 48.9 Å². The van der Waals surface area contributed by atoms with Gasteiger partial charge in [-0.1, -0.05) is 52.7 Å². The molecule has 0 saturated heterocycles. The summed E-state index contributed by atoms with van der Waals surface area (Å²) in [6.45, 7) is 1.83. The molecule has 4 nitrogen and oxygen atoms in total. The Labute approximate surface area is 165 Å². The highest BCUT2D eigenvalue weighted by Crippen LogP contribution is 2.33. The van der Waals surface area contributed by atoms with Gasteiger partial charge in [-0.2, -0.15) is 5.26 Å². The summed E-state index contributed by atoms with van der Waals surface area (Å²) in [5.74, 6) is 0. The highest BCUT2D eigenvalue weighted by molar-refractivity contribution is 7.16. The van der Waals surface area contributed by atoms with Crippen LogP contribution in [-0.2, 0) is 0 Å². The minimum atomic E-state index is 0.430. The summed E-state index contributed by atoms with van der Waals surface area (Å²) < 4.78 is 0. The average molecular weight is 399 g/mol. The predicted octanol–water partition coefficient (Wildman–Crippen LogP) is 7.24. The van der Waals surface area contributed by atoms with Crippen molar-refractivity contribution < 1.29 is 0 Å². The van der Waals surface area contributed by atoms with Gasteiger partial charge in [0, 0.05) is 10.0 Å². The molecule has 7 heteroatoms. The standard InChI is InChI=1S/C19H12Cl2N4S/c1-12-18(25-24-16-8-6-15(20)7-9-16)26-19(23-12)14(11-22)10-13-4-2-3-5-17(13)21/h2-10H,1H3. The van der Waals surface area contributed by atoms with Crippen LogP contribution in [0.3, 0.4) is 0 Å². The van der Waals surface area contributed by atoms with Crippen molar-refractivity contribution in [3.8, 4) is 6.07 Å². The van der Waals surface area contributed by atoms with Gasteiger partial charge in [-0.15, -0.1) is 10.2 Å². The summed E-state index contributed by atoms with van der Waals surface area (Å²) in [5.41, 5.74) is 2.60. The van der Waals surface area contributed by atoms with E-state index in [2.05, 4.69) is 21.3 Å². The molecule has 1 aromatic heterocycles. The Bertz CT molecular complexity index is 1030. The van der Waals surface area contributed by atoms with Crippen molar-refractivity contribution in [2.45, 2.75) is 6.92 Å². The summed E-state index contributed by atoms with van der Waals surface area (Å²) >= 11 is 13.3. The lowest BCUT2D eigenvalue weighted by Gasteiger charge is -1.98. The van der Waals surface area contributed by atoms with E-state index in [9.17, 15) is 5.26 Å². The van der Waals surface area contributed by atoms with Crippen LogP contribution < -0.4 is 0 Å². The van der Waals surface area contributed by atoms with Gasteiger partial charge in [-0.25, -0.2) is 4.98 Å². The maximum Gasteiger partial charge on any atom is 0.162 e. The first-order valence-corrected chi connectivity index (χ1v) is 9.15. The van der Waals surface area contributed by atoms with Crippen LogP contribution >= 0.6 is 34.5 Å². The van der Waals surface area contributed by atoms with Gasteiger partial charge in [0.1, 0.15) is 11.1 Å². The Morgan fingerprint density at radius 1 is 1.12 bits per heavy atom. The molecule has 0 atom stereocenters. The average Bonchev–Trinajstić information content (AvgIpc) is 3.01. The largest absolute Gasteiger partial charge is 0.238 e. The number of azo groups is 1. The van der Waals surface area contributed by atoms with E-state index in [0.29, 0.717) is 37.0 Å². The summed E-state index contributed by atoms with van der Waals surface area (Å²) in [7, 11) is 0. The number of thiazole rings is 1. The first kappa shape index (κ1) is 18.3. The van der Waals surface area contributed by atoms with E-state index in [0.717, 1.165) is 5.56 Å². The smallest absolute Gasteiger partial charge is 0.162 e. The third kappa shape index (κ3) is 4.36. The second-order valence-electron chi connectivity index (χ2n) is 5.28. The van der Waals surface area contributed by atoms with Gasteiger partial charge in [-0.3, -0.25) is 0 Å². The van der Waals surface area contributed by atoms with Crippen LogP contribution in [-0.4, -0.2) is 4.98 Å². The number of halogens is 2. The lowest BCUT2D eigenvalue weighted by atomic mass is 10.1. The maximum absolute atomic E-state index is 9.50. The van der Waals surface area contributed by atoms with Crippen LogP contribution in [0.1, 0.15) is 16.3 Å². The van der Waals surface area contributed by atoms with Gasteiger partial charge < -0.3 is 0 Å². The molecule has 0 radical (unpaired) electrons. The van der Waals surface area contributed by atoms with Gasteiger partial charge in [0.15, 0.2) is 5.00 Å². The summed E-state index contributed by atoms with van der Waals surface area (Å²) in [4.78, 5) is 4.44. The second kappa shape index (κ2) is 8.24. The molecule has 0 aliphatic heterocycles. The lowest BCUT2D eigenvalue weighted by molar-refractivity contribution is 1.18. The molecule has 0 aliphatic rings. The fraction of sp³-hybridized carbons (Fsp3) is 0.0526. The number of benzene rings is 2. The second-order valence-corrected chi connectivity index (χ2v) is 7.10. The molecule has 128 valence electrons. The van der Waals surface area contributed by atoms with Gasteiger partial charge in [0.2, 0.25) is 0 Å². The molecule has 26 heavy (non-hydrogen) atoms. The van der Waals surface area contributed by atoms with Crippen molar-refractivity contribution in [2.75, 3.05) is 0 Å². The molecule has 0 spiro atoms. The fourth-order valence-corrected chi connectivity index (χ4v) is 3.27. The normalized spacial score (nSPS) is 11.7. The third-order valence-corrected chi connectivity index (χ3v) is 5.08. The Balaban J connectivity index is 1.90. The van der Waals surface area contributed by atoms with Gasteiger partial charge in [0.25, 0.3) is 0 Å². The van der Waals surface area contributed by atoms with Crippen molar-refractivity contribution in [1.29, 1.82) is 5.26 Å². The minimum absolute atomic E-state index is 0.430. The van der Waals surface area contributed by atoms with Gasteiger partial charge >= 0.3 is 0 Å².